The first-order chi connectivity index (χ1) is 22.6. The zero-order chi connectivity index (χ0) is 32.1. The van der Waals surface area contributed by atoms with Crippen molar-refractivity contribution in [3.63, 3.8) is 0 Å². The fourth-order valence-corrected chi connectivity index (χ4v) is 9.68. The van der Waals surface area contributed by atoms with Gasteiger partial charge in [-0.05, 0) is 103 Å². The number of rotatable bonds is 1. The number of ketones is 5. The summed E-state index contributed by atoms with van der Waals surface area (Å²) in [5.74, 6) is -0.968. The highest BCUT2D eigenvalue weighted by molar-refractivity contribution is 6.35. The molecule has 10 rings (SSSR count). The second-order valence-corrected chi connectivity index (χ2v) is 14.4. The molecule has 0 spiro atoms. The summed E-state index contributed by atoms with van der Waals surface area (Å²) < 4.78 is 11.7. The van der Waals surface area contributed by atoms with Crippen LogP contribution in [0.5, 0.6) is 0 Å². The van der Waals surface area contributed by atoms with Crippen LogP contribution in [0.3, 0.4) is 0 Å². The largest absolute Gasteiger partial charge is 0.468 e. The molecular weight excluding hydrogens is 592 g/mol. The van der Waals surface area contributed by atoms with Crippen LogP contribution in [0.4, 0.5) is 0 Å². The minimum absolute atomic E-state index is 0.0568. The Balaban J connectivity index is 1.07. The van der Waals surface area contributed by atoms with E-state index in [1.807, 2.05) is 12.3 Å². The average molecular weight is 621 g/mol. The van der Waals surface area contributed by atoms with Crippen LogP contribution in [0.25, 0.3) is 0 Å². The van der Waals surface area contributed by atoms with Crippen LogP contribution in [-0.4, -0.2) is 28.9 Å². The van der Waals surface area contributed by atoms with E-state index in [1.54, 1.807) is 18.4 Å². The van der Waals surface area contributed by atoms with Gasteiger partial charge in [-0.2, -0.15) is 0 Å². The zero-order valence-corrected chi connectivity index (χ0v) is 25.9. The van der Waals surface area contributed by atoms with Crippen LogP contribution >= 0.6 is 0 Å². The van der Waals surface area contributed by atoms with E-state index in [1.165, 1.54) is 29.3 Å². The van der Waals surface area contributed by atoms with E-state index in [4.69, 9.17) is 8.83 Å². The van der Waals surface area contributed by atoms with Crippen molar-refractivity contribution in [1.29, 1.82) is 0 Å². The topological polar surface area (TPSA) is 112 Å². The number of allylic oxidation sites excluding steroid dienone is 4. The summed E-state index contributed by atoms with van der Waals surface area (Å²) in [7, 11) is 0. The van der Waals surface area contributed by atoms with Gasteiger partial charge in [0.1, 0.15) is 5.76 Å². The van der Waals surface area contributed by atoms with Crippen molar-refractivity contribution in [1.82, 2.24) is 0 Å². The van der Waals surface area contributed by atoms with E-state index < -0.39 is 28.5 Å². The maximum Gasteiger partial charge on any atom is 0.228 e. The van der Waals surface area contributed by atoms with Crippen LogP contribution in [0.15, 0.2) is 68.9 Å². The van der Waals surface area contributed by atoms with Crippen LogP contribution in [0, 0.1) is 0 Å². The third kappa shape index (κ3) is 3.19. The summed E-state index contributed by atoms with van der Waals surface area (Å²) in [6.45, 7) is 4.23. The second-order valence-electron chi connectivity index (χ2n) is 14.4. The Morgan fingerprint density at radius 1 is 0.574 bits per heavy atom. The molecule has 0 saturated heterocycles. The van der Waals surface area contributed by atoms with Gasteiger partial charge in [0.2, 0.25) is 5.78 Å². The molecule has 0 saturated carbocycles. The lowest BCUT2D eigenvalue weighted by Crippen LogP contribution is -2.36. The minimum atomic E-state index is -0.560. The van der Waals surface area contributed by atoms with Gasteiger partial charge in [-0.1, -0.05) is 13.8 Å². The number of carbonyl (C=O) groups excluding carboxylic acids is 5. The van der Waals surface area contributed by atoms with Crippen molar-refractivity contribution in [2.75, 3.05) is 0 Å². The molecule has 230 valence electrons. The molecule has 6 aliphatic rings. The molecule has 47 heavy (non-hydrogen) atoms. The van der Waals surface area contributed by atoms with Gasteiger partial charge >= 0.3 is 0 Å². The first-order valence-corrected chi connectivity index (χ1v) is 16.3. The molecule has 6 aliphatic carbocycles. The third-order valence-electron chi connectivity index (χ3n) is 11.9. The number of hydrogen-bond donors (Lipinski definition) is 0. The number of furan rings is 2. The summed E-state index contributed by atoms with van der Waals surface area (Å²) in [6.07, 6.45) is 11.7. The molecule has 7 nitrogen and oxygen atoms in total. The first-order valence-electron chi connectivity index (χ1n) is 16.3. The van der Waals surface area contributed by atoms with E-state index in [0.717, 1.165) is 72.1 Å². The van der Waals surface area contributed by atoms with Crippen molar-refractivity contribution < 1.29 is 32.8 Å². The van der Waals surface area contributed by atoms with E-state index in [0.29, 0.717) is 12.0 Å². The van der Waals surface area contributed by atoms with Gasteiger partial charge in [0.25, 0.3) is 0 Å². The molecule has 2 atom stereocenters. The van der Waals surface area contributed by atoms with Crippen molar-refractivity contribution in [3.05, 3.63) is 138 Å². The standard InChI is InChI=1S/C40H28O7/c1-39-7-3-5-18-16-46-32(33(18)39)10-20-9-21-24(13-28(20)39)36(44)26(14-30(21)41)25-15-31(42)22-12-29-27(11-23(22)35(25)43)37(45)38-34-19(17-47-38)6-4-8-40(29,34)2/h9,11-17H,3-8,10H2,1-2H3. The number of Topliss-reactive ketones (excluding diaryl/α,β-unsaturated/α-hetero) is 2. The Labute approximate surface area is 269 Å². The highest BCUT2D eigenvalue weighted by Crippen LogP contribution is 2.52. The predicted octanol–water partition coefficient (Wildman–Crippen LogP) is 6.92. The lowest BCUT2D eigenvalue weighted by atomic mass is 9.62. The Bertz CT molecular complexity index is 2350. The molecular formula is C40H28O7. The van der Waals surface area contributed by atoms with E-state index in [-0.39, 0.29) is 50.4 Å². The molecule has 2 aromatic carbocycles. The lowest BCUT2D eigenvalue weighted by Gasteiger charge is -2.40. The SMILES string of the molecule is CC12CCCc3coc(c31)Cc1cc3c(cc12)C(=O)C(C1=CC(=O)c2cc4c(cc2C1=O)C(=O)c1occ2c1C4(C)CCC2)=CC3=O. The Kier molecular flexibility index (Phi) is 4.93. The van der Waals surface area contributed by atoms with E-state index in [2.05, 4.69) is 13.8 Å². The zero-order valence-electron chi connectivity index (χ0n) is 25.9. The van der Waals surface area contributed by atoms with Gasteiger partial charge in [0.05, 0.1) is 12.5 Å². The van der Waals surface area contributed by atoms with Gasteiger partial charge in [0.15, 0.2) is 28.9 Å². The summed E-state index contributed by atoms with van der Waals surface area (Å²) in [6, 6.07) is 6.82. The number of carbonyl (C=O) groups is 5. The highest BCUT2D eigenvalue weighted by Gasteiger charge is 2.48. The van der Waals surface area contributed by atoms with Gasteiger partial charge in [0, 0.05) is 67.3 Å². The molecule has 0 bridgehead atoms. The first kappa shape index (κ1) is 27.0. The monoisotopic (exact) mass is 620 g/mol. The van der Waals surface area contributed by atoms with Gasteiger partial charge < -0.3 is 8.83 Å². The number of hydrogen-bond acceptors (Lipinski definition) is 7. The van der Waals surface area contributed by atoms with Crippen molar-refractivity contribution in [2.24, 2.45) is 0 Å². The molecule has 0 N–H and O–H groups in total. The van der Waals surface area contributed by atoms with Crippen molar-refractivity contribution in [2.45, 2.75) is 69.6 Å². The third-order valence-corrected chi connectivity index (χ3v) is 11.9. The molecule has 7 heteroatoms. The van der Waals surface area contributed by atoms with Gasteiger partial charge in [-0.15, -0.1) is 0 Å². The van der Waals surface area contributed by atoms with Crippen molar-refractivity contribution >= 4 is 28.9 Å². The molecule has 2 aromatic heterocycles. The Morgan fingerprint density at radius 3 is 1.85 bits per heavy atom. The van der Waals surface area contributed by atoms with Crippen LogP contribution < -0.4 is 0 Å². The summed E-state index contributed by atoms with van der Waals surface area (Å²) in [5, 5.41) is 0. The molecule has 0 aliphatic heterocycles. The van der Waals surface area contributed by atoms with Crippen LogP contribution in [0.1, 0.15) is 142 Å². The fourth-order valence-electron chi connectivity index (χ4n) is 9.68. The lowest BCUT2D eigenvalue weighted by molar-refractivity contribution is 0.0961. The molecule has 2 unspecified atom stereocenters. The number of aryl methyl sites for hydroxylation is 2. The van der Waals surface area contributed by atoms with Crippen LogP contribution in [0.2, 0.25) is 0 Å². The number of fused-ring (bicyclic) bond motifs is 6. The smallest absolute Gasteiger partial charge is 0.228 e. The quantitative estimate of drug-likeness (QED) is 0.227. The maximum atomic E-state index is 14.2. The molecule has 0 radical (unpaired) electrons. The molecule has 4 aromatic rings. The summed E-state index contributed by atoms with van der Waals surface area (Å²) >= 11 is 0. The van der Waals surface area contributed by atoms with Gasteiger partial charge in [-0.25, -0.2) is 0 Å². The molecule has 0 fully saturated rings. The Hall–Kier alpha value is -5.17. The second kappa shape index (κ2) is 8.59. The minimum Gasteiger partial charge on any atom is -0.468 e. The highest BCUT2D eigenvalue weighted by atomic mass is 16.3. The van der Waals surface area contributed by atoms with Crippen molar-refractivity contribution in [3.8, 4) is 0 Å². The normalized spacial score (nSPS) is 24.9. The fraction of sp³-hybridized carbons (Fsp3) is 0.275. The summed E-state index contributed by atoms with van der Waals surface area (Å²) in [5.41, 5.74) is 6.97. The average Bonchev–Trinajstić information content (AvgIpc) is 3.69. The van der Waals surface area contributed by atoms with Crippen LogP contribution in [-0.2, 0) is 30.1 Å². The maximum absolute atomic E-state index is 14.2. The number of benzene rings is 2. The van der Waals surface area contributed by atoms with E-state index in [9.17, 15) is 24.0 Å². The molecule has 2 heterocycles. The molecule has 0 amide bonds. The van der Waals surface area contributed by atoms with Gasteiger partial charge in [-0.3, -0.25) is 24.0 Å². The summed E-state index contributed by atoms with van der Waals surface area (Å²) in [4.78, 5) is 69.5. The predicted molar refractivity (Wildman–Crippen MR) is 169 cm³/mol. The van der Waals surface area contributed by atoms with E-state index >= 15 is 0 Å². The Morgan fingerprint density at radius 2 is 1.15 bits per heavy atom.